The third-order valence-corrected chi connectivity index (χ3v) is 7.50. The van der Waals surface area contributed by atoms with E-state index in [2.05, 4.69) is 15.6 Å². The molecule has 2 amide bonds. The molecule has 0 bridgehead atoms. The standard InChI is InChI=1S/C22H22N4O5S/c1-3-26(4-2)32(30,31)15-7-8-19-17(10-15)18(11-20(27)25-19)22(29)24-14-6-5-13-12-23-21(28)16(13)9-14/h5-11H,3-4,12H2,1-2H3,(H,23,28)(H,24,29)(H,25,27). The van der Waals surface area contributed by atoms with Crippen molar-refractivity contribution in [2.24, 2.45) is 0 Å². The third kappa shape index (κ3) is 3.78. The summed E-state index contributed by atoms with van der Waals surface area (Å²) in [5.41, 5.74) is 1.59. The maximum atomic E-state index is 13.0. The summed E-state index contributed by atoms with van der Waals surface area (Å²) in [5, 5.41) is 5.71. The highest BCUT2D eigenvalue weighted by atomic mass is 32.2. The Balaban J connectivity index is 1.76. The second-order valence-corrected chi connectivity index (χ2v) is 9.29. The predicted octanol–water partition coefficient (Wildman–Crippen LogP) is 2.05. The Hall–Kier alpha value is -3.50. The van der Waals surface area contributed by atoms with Gasteiger partial charge in [-0.2, -0.15) is 4.31 Å². The number of H-pyrrole nitrogens is 1. The molecule has 0 saturated heterocycles. The lowest BCUT2D eigenvalue weighted by atomic mass is 10.1. The van der Waals surface area contributed by atoms with Crippen LogP contribution in [0.5, 0.6) is 0 Å². The van der Waals surface area contributed by atoms with Crippen LogP contribution in [0.2, 0.25) is 0 Å². The second kappa shape index (κ2) is 8.21. The minimum absolute atomic E-state index is 0.0315. The first-order valence-electron chi connectivity index (χ1n) is 10.1. The van der Waals surface area contributed by atoms with Gasteiger partial charge in [-0.25, -0.2) is 8.42 Å². The molecule has 9 nitrogen and oxygen atoms in total. The molecule has 10 heteroatoms. The normalized spacial score (nSPS) is 13.3. The van der Waals surface area contributed by atoms with Gasteiger partial charge in [0.15, 0.2) is 0 Å². The van der Waals surface area contributed by atoms with E-state index in [-0.39, 0.29) is 16.4 Å². The number of sulfonamides is 1. The van der Waals surface area contributed by atoms with Gasteiger partial charge in [0, 0.05) is 47.9 Å². The van der Waals surface area contributed by atoms with Crippen LogP contribution in [0.25, 0.3) is 10.9 Å². The highest BCUT2D eigenvalue weighted by molar-refractivity contribution is 7.89. The highest BCUT2D eigenvalue weighted by Gasteiger charge is 2.24. The van der Waals surface area contributed by atoms with E-state index >= 15 is 0 Å². The Morgan fingerprint density at radius 2 is 1.81 bits per heavy atom. The maximum Gasteiger partial charge on any atom is 0.256 e. The molecule has 0 aliphatic carbocycles. The molecule has 3 N–H and O–H groups in total. The molecule has 4 rings (SSSR count). The van der Waals surface area contributed by atoms with Crippen LogP contribution in [0.3, 0.4) is 0 Å². The second-order valence-electron chi connectivity index (χ2n) is 7.35. The van der Waals surface area contributed by atoms with E-state index in [4.69, 9.17) is 0 Å². The van der Waals surface area contributed by atoms with Crippen molar-refractivity contribution in [2.75, 3.05) is 18.4 Å². The number of carbonyl (C=O) groups excluding carboxylic acids is 2. The number of benzene rings is 2. The van der Waals surface area contributed by atoms with Gasteiger partial charge in [0.25, 0.3) is 11.8 Å². The quantitative estimate of drug-likeness (QED) is 0.525. The number of carbonyl (C=O) groups is 2. The van der Waals surface area contributed by atoms with Crippen molar-refractivity contribution >= 4 is 38.4 Å². The smallest absolute Gasteiger partial charge is 0.256 e. The lowest BCUT2D eigenvalue weighted by Crippen LogP contribution is -2.30. The van der Waals surface area contributed by atoms with Crippen molar-refractivity contribution in [3.05, 3.63) is 69.5 Å². The van der Waals surface area contributed by atoms with Crippen molar-refractivity contribution in [3.63, 3.8) is 0 Å². The number of rotatable bonds is 6. The molecule has 32 heavy (non-hydrogen) atoms. The SMILES string of the molecule is CCN(CC)S(=O)(=O)c1ccc2[nH]c(=O)cc(C(=O)Nc3ccc4c(c3)C(=O)NC4)c2c1. The molecule has 2 heterocycles. The van der Waals surface area contributed by atoms with Crippen LogP contribution in [-0.2, 0) is 16.6 Å². The first-order valence-corrected chi connectivity index (χ1v) is 11.6. The molecular formula is C22H22N4O5S. The molecule has 0 atom stereocenters. The summed E-state index contributed by atoms with van der Waals surface area (Å²) in [6.07, 6.45) is 0. The molecule has 1 aliphatic rings. The van der Waals surface area contributed by atoms with Crippen molar-refractivity contribution in [1.29, 1.82) is 0 Å². The summed E-state index contributed by atoms with van der Waals surface area (Å²) >= 11 is 0. The topological polar surface area (TPSA) is 128 Å². The number of nitrogens with one attached hydrogen (secondary N) is 3. The van der Waals surface area contributed by atoms with Crippen LogP contribution < -0.4 is 16.2 Å². The molecular weight excluding hydrogens is 432 g/mol. The lowest BCUT2D eigenvalue weighted by molar-refractivity contribution is 0.0964. The summed E-state index contributed by atoms with van der Waals surface area (Å²) < 4.78 is 27.2. The fraction of sp³-hybridized carbons (Fsp3) is 0.227. The molecule has 3 aromatic rings. The molecule has 0 fully saturated rings. The van der Waals surface area contributed by atoms with Crippen LogP contribution in [0.15, 0.2) is 52.2 Å². The van der Waals surface area contributed by atoms with E-state index < -0.39 is 21.5 Å². The van der Waals surface area contributed by atoms with Gasteiger partial charge >= 0.3 is 0 Å². The van der Waals surface area contributed by atoms with Gasteiger partial charge in [-0.05, 0) is 35.9 Å². The summed E-state index contributed by atoms with van der Waals surface area (Å²) in [4.78, 5) is 39.7. The zero-order valence-corrected chi connectivity index (χ0v) is 18.4. The van der Waals surface area contributed by atoms with Gasteiger partial charge in [0.05, 0.1) is 10.5 Å². The van der Waals surface area contributed by atoms with Crippen molar-refractivity contribution in [3.8, 4) is 0 Å². The predicted molar refractivity (Wildman–Crippen MR) is 120 cm³/mol. The zero-order valence-electron chi connectivity index (χ0n) is 17.6. The van der Waals surface area contributed by atoms with Gasteiger partial charge in [0.2, 0.25) is 15.6 Å². The molecule has 0 spiro atoms. The molecule has 0 unspecified atom stereocenters. The molecule has 1 aromatic heterocycles. The Morgan fingerprint density at radius 1 is 1.06 bits per heavy atom. The summed E-state index contributed by atoms with van der Waals surface area (Å²) in [7, 11) is -3.75. The molecule has 0 radical (unpaired) electrons. The summed E-state index contributed by atoms with van der Waals surface area (Å²) in [6.45, 7) is 4.54. The zero-order chi connectivity index (χ0) is 23.0. The first-order chi connectivity index (χ1) is 15.2. The van der Waals surface area contributed by atoms with Crippen molar-refractivity contribution in [2.45, 2.75) is 25.3 Å². The van der Waals surface area contributed by atoms with Crippen LogP contribution in [0.1, 0.15) is 40.1 Å². The van der Waals surface area contributed by atoms with Crippen LogP contribution in [0, 0.1) is 0 Å². The van der Waals surface area contributed by atoms with E-state index in [0.717, 1.165) is 11.6 Å². The van der Waals surface area contributed by atoms with Crippen LogP contribution in [-0.4, -0.2) is 42.6 Å². The minimum atomic E-state index is -3.75. The van der Waals surface area contributed by atoms with Gasteiger partial charge in [-0.15, -0.1) is 0 Å². The van der Waals surface area contributed by atoms with E-state index in [1.807, 2.05) is 0 Å². The van der Waals surface area contributed by atoms with E-state index in [1.54, 1.807) is 32.0 Å². The van der Waals surface area contributed by atoms with Gasteiger partial charge in [-0.1, -0.05) is 19.9 Å². The number of hydrogen-bond acceptors (Lipinski definition) is 5. The minimum Gasteiger partial charge on any atom is -0.348 e. The Morgan fingerprint density at radius 3 is 2.53 bits per heavy atom. The van der Waals surface area contributed by atoms with Gasteiger partial charge in [0.1, 0.15) is 0 Å². The van der Waals surface area contributed by atoms with E-state index in [0.29, 0.717) is 41.8 Å². The summed E-state index contributed by atoms with van der Waals surface area (Å²) in [6, 6.07) is 10.4. The fourth-order valence-electron chi connectivity index (χ4n) is 3.78. The largest absolute Gasteiger partial charge is 0.348 e. The van der Waals surface area contributed by atoms with Crippen molar-refractivity contribution < 1.29 is 18.0 Å². The van der Waals surface area contributed by atoms with Crippen molar-refractivity contribution in [1.82, 2.24) is 14.6 Å². The average Bonchev–Trinajstić information content (AvgIpc) is 3.13. The fourth-order valence-corrected chi connectivity index (χ4v) is 5.27. The summed E-state index contributed by atoms with van der Waals surface area (Å²) in [5.74, 6) is -0.805. The number of nitrogens with zero attached hydrogens (tertiary/aromatic N) is 1. The number of aromatic nitrogens is 1. The number of anilines is 1. The number of aromatic amines is 1. The maximum absolute atomic E-state index is 13.0. The number of fused-ring (bicyclic) bond motifs is 2. The number of amides is 2. The van der Waals surface area contributed by atoms with E-state index in [1.165, 1.54) is 22.5 Å². The van der Waals surface area contributed by atoms with E-state index in [9.17, 15) is 22.8 Å². The Labute approximate surface area is 184 Å². The number of hydrogen-bond donors (Lipinski definition) is 3. The monoisotopic (exact) mass is 454 g/mol. The molecule has 166 valence electrons. The number of pyridine rings is 1. The first kappa shape index (κ1) is 21.7. The average molecular weight is 455 g/mol. The van der Waals surface area contributed by atoms with Gasteiger partial charge in [-0.3, -0.25) is 14.4 Å². The van der Waals surface area contributed by atoms with Crippen LogP contribution in [0.4, 0.5) is 5.69 Å². The Kier molecular flexibility index (Phi) is 5.57. The molecule has 2 aromatic carbocycles. The molecule has 1 aliphatic heterocycles. The third-order valence-electron chi connectivity index (χ3n) is 5.45. The highest BCUT2D eigenvalue weighted by Crippen LogP contribution is 2.25. The molecule has 0 saturated carbocycles. The van der Waals surface area contributed by atoms with Gasteiger partial charge < -0.3 is 15.6 Å². The Bertz CT molecular complexity index is 1410. The lowest BCUT2D eigenvalue weighted by Gasteiger charge is -2.19. The van der Waals surface area contributed by atoms with Crippen LogP contribution >= 0.6 is 0 Å².